The maximum Gasteiger partial charge on any atom is 0.405 e. The van der Waals surface area contributed by atoms with Crippen molar-refractivity contribution in [1.29, 1.82) is 0 Å². The Hall–Kier alpha value is -3.57. The average Bonchev–Trinajstić information content (AvgIpc) is 3.12. The van der Waals surface area contributed by atoms with Crippen LogP contribution in [0, 0.1) is 0 Å². The number of hydrogen-bond donors (Lipinski definition) is 2. The number of urea groups is 1. The number of nitrogens with zero attached hydrogens (tertiary/aromatic N) is 4. The van der Waals surface area contributed by atoms with Crippen LogP contribution in [-0.2, 0) is 7.05 Å². The molecule has 0 spiro atoms. The topological polar surface area (TPSA) is 99.6 Å². The number of aryl methyl sites for hydroxylation is 1. The van der Waals surface area contributed by atoms with Crippen LogP contribution in [0.4, 0.5) is 35.2 Å². The second-order valence-corrected chi connectivity index (χ2v) is 7.41. The summed E-state index contributed by atoms with van der Waals surface area (Å²) in [5.74, 6) is -0.830. The Bertz CT molecular complexity index is 1100. The lowest BCUT2D eigenvalue weighted by molar-refractivity contribution is -0.123. The third-order valence-corrected chi connectivity index (χ3v) is 5.15. The average molecular weight is 436 g/mol. The molecule has 31 heavy (non-hydrogen) atoms. The molecule has 12 heteroatoms. The largest absolute Gasteiger partial charge is 0.405 e. The molecule has 9 nitrogen and oxygen atoms in total. The smallest absolute Gasteiger partial charge is 0.366 e. The molecule has 2 aliphatic heterocycles. The number of halogens is 3. The summed E-state index contributed by atoms with van der Waals surface area (Å²) >= 11 is 0. The van der Waals surface area contributed by atoms with Gasteiger partial charge in [-0.3, -0.25) is 14.5 Å². The first-order valence-corrected chi connectivity index (χ1v) is 9.50. The standard InChI is InChI=1S/C19H19F3N6O3/c1-26-6-5-15(29)13(9-26)25-18(31)28-11-4-7-27(8-11)14-3-2-12(24-16(14)28)17(30)23-10-19(20,21)22/h2-3,5-6,9,11H,4,7-8,10H2,1H3,(H,23,30)(H,25,31). The molecule has 4 heterocycles. The lowest BCUT2D eigenvalue weighted by atomic mass is 10.1. The van der Waals surface area contributed by atoms with Crippen molar-refractivity contribution in [2.45, 2.75) is 18.6 Å². The number of carbonyl (C=O) groups is 2. The van der Waals surface area contributed by atoms with E-state index in [4.69, 9.17) is 0 Å². The third kappa shape index (κ3) is 4.18. The molecule has 4 rings (SSSR count). The van der Waals surface area contributed by atoms with Crippen LogP contribution in [0.1, 0.15) is 16.9 Å². The van der Waals surface area contributed by atoms with Crippen molar-refractivity contribution >= 4 is 29.1 Å². The Kier molecular flexibility index (Phi) is 5.07. The number of nitrogens with one attached hydrogen (secondary N) is 2. The van der Waals surface area contributed by atoms with Gasteiger partial charge in [-0.2, -0.15) is 13.2 Å². The molecular weight excluding hydrogens is 417 g/mol. The maximum atomic E-state index is 13.1. The normalized spacial score (nSPS) is 17.4. The third-order valence-electron chi connectivity index (χ3n) is 5.15. The zero-order valence-corrected chi connectivity index (χ0v) is 16.4. The maximum absolute atomic E-state index is 13.1. The molecule has 2 N–H and O–H groups in total. The van der Waals surface area contributed by atoms with Gasteiger partial charge in [0.25, 0.3) is 5.91 Å². The van der Waals surface area contributed by atoms with Gasteiger partial charge in [-0.1, -0.05) is 0 Å². The first-order valence-electron chi connectivity index (χ1n) is 9.50. The fraction of sp³-hybridized carbons (Fsp3) is 0.368. The van der Waals surface area contributed by atoms with E-state index in [1.54, 1.807) is 29.2 Å². The van der Waals surface area contributed by atoms with Gasteiger partial charge in [0.15, 0.2) is 5.82 Å². The Balaban J connectivity index is 1.64. The predicted octanol–water partition coefficient (Wildman–Crippen LogP) is 1.70. The monoisotopic (exact) mass is 436 g/mol. The van der Waals surface area contributed by atoms with Crippen LogP contribution >= 0.6 is 0 Å². The highest BCUT2D eigenvalue weighted by molar-refractivity contribution is 6.05. The molecule has 0 saturated carbocycles. The number of pyridine rings is 2. The molecule has 0 aromatic carbocycles. The van der Waals surface area contributed by atoms with E-state index in [0.29, 0.717) is 25.2 Å². The van der Waals surface area contributed by atoms with Crippen molar-refractivity contribution in [3.8, 4) is 0 Å². The summed E-state index contributed by atoms with van der Waals surface area (Å²) in [6.07, 6.45) is -0.883. The molecule has 2 bridgehead atoms. The van der Waals surface area contributed by atoms with Crippen molar-refractivity contribution < 1.29 is 22.8 Å². The van der Waals surface area contributed by atoms with Crippen molar-refractivity contribution in [2.24, 2.45) is 7.05 Å². The van der Waals surface area contributed by atoms with Crippen molar-refractivity contribution in [3.63, 3.8) is 0 Å². The molecule has 2 aromatic heterocycles. The van der Waals surface area contributed by atoms with Crippen LogP contribution in [0.2, 0.25) is 0 Å². The number of aromatic nitrogens is 2. The zero-order valence-electron chi connectivity index (χ0n) is 16.4. The fourth-order valence-corrected chi connectivity index (χ4v) is 3.72. The van der Waals surface area contributed by atoms with Crippen LogP contribution < -0.4 is 25.9 Å². The van der Waals surface area contributed by atoms with E-state index < -0.39 is 24.7 Å². The Morgan fingerprint density at radius 2 is 2.03 bits per heavy atom. The highest BCUT2D eigenvalue weighted by Crippen LogP contribution is 2.39. The molecule has 0 radical (unpaired) electrons. The number of hydrogen-bond acceptors (Lipinski definition) is 5. The first kappa shape index (κ1) is 20.7. The SMILES string of the molecule is Cn1ccc(=O)c(NC(=O)N2c3nc(C(=O)NCC(F)(F)F)ccc3N3CCC2C3)c1. The van der Waals surface area contributed by atoms with Gasteiger partial charge in [0.1, 0.15) is 17.9 Å². The summed E-state index contributed by atoms with van der Waals surface area (Å²) < 4.78 is 38.9. The van der Waals surface area contributed by atoms with Crippen LogP contribution in [-0.4, -0.2) is 53.3 Å². The Morgan fingerprint density at radius 3 is 2.77 bits per heavy atom. The lowest BCUT2D eigenvalue weighted by Gasteiger charge is -2.35. The van der Waals surface area contributed by atoms with Crippen molar-refractivity contribution in [1.82, 2.24) is 14.9 Å². The molecular formula is C19H19F3N6O3. The van der Waals surface area contributed by atoms with Crippen molar-refractivity contribution in [2.75, 3.05) is 34.8 Å². The van der Waals surface area contributed by atoms with Gasteiger partial charge in [0, 0.05) is 38.6 Å². The molecule has 2 aliphatic rings. The molecule has 0 aliphatic carbocycles. The summed E-state index contributed by atoms with van der Waals surface area (Å²) in [6, 6.07) is 3.36. The second-order valence-electron chi connectivity index (χ2n) is 7.41. The number of amides is 3. The highest BCUT2D eigenvalue weighted by atomic mass is 19.4. The minimum Gasteiger partial charge on any atom is -0.366 e. The Labute approximate surface area is 174 Å². The predicted molar refractivity (Wildman–Crippen MR) is 106 cm³/mol. The molecule has 164 valence electrons. The van der Waals surface area contributed by atoms with E-state index in [-0.39, 0.29) is 28.7 Å². The minimum absolute atomic E-state index is 0.0797. The van der Waals surface area contributed by atoms with E-state index in [9.17, 15) is 27.6 Å². The van der Waals surface area contributed by atoms with E-state index in [2.05, 4.69) is 10.3 Å². The fourth-order valence-electron chi connectivity index (χ4n) is 3.72. The van der Waals surface area contributed by atoms with E-state index in [0.717, 1.165) is 0 Å². The summed E-state index contributed by atoms with van der Waals surface area (Å²) in [7, 11) is 1.70. The lowest BCUT2D eigenvalue weighted by Crippen LogP contribution is -2.49. The van der Waals surface area contributed by atoms with Gasteiger partial charge < -0.3 is 20.1 Å². The van der Waals surface area contributed by atoms with E-state index in [1.165, 1.54) is 23.2 Å². The first-order chi connectivity index (χ1) is 14.6. The highest BCUT2D eigenvalue weighted by Gasteiger charge is 2.40. The van der Waals surface area contributed by atoms with Gasteiger partial charge in [-0.05, 0) is 18.6 Å². The molecule has 1 saturated heterocycles. The van der Waals surface area contributed by atoms with E-state index >= 15 is 0 Å². The van der Waals surface area contributed by atoms with Crippen molar-refractivity contribution in [3.05, 3.63) is 46.5 Å². The van der Waals surface area contributed by atoms with Gasteiger partial charge in [-0.15, -0.1) is 0 Å². The second kappa shape index (κ2) is 7.60. The van der Waals surface area contributed by atoms with Crippen LogP contribution in [0.15, 0.2) is 35.4 Å². The number of fused-ring (bicyclic) bond motifs is 4. The van der Waals surface area contributed by atoms with Crippen LogP contribution in [0.5, 0.6) is 0 Å². The van der Waals surface area contributed by atoms with Gasteiger partial charge in [0.05, 0.1) is 11.7 Å². The number of rotatable bonds is 3. The van der Waals surface area contributed by atoms with Crippen LogP contribution in [0.25, 0.3) is 0 Å². The zero-order chi connectivity index (χ0) is 22.3. The summed E-state index contributed by atoms with van der Waals surface area (Å²) in [5.41, 5.74) is 0.0668. The summed E-state index contributed by atoms with van der Waals surface area (Å²) in [4.78, 5) is 44.9. The number of alkyl halides is 3. The molecule has 1 fully saturated rings. The quantitative estimate of drug-likeness (QED) is 0.763. The number of carbonyl (C=O) groups excluding carboxylic acids is 2. The summed E-state index contributed by atoms with van der Waals surface area (Å²) in [5, 5.41) is 4.36. The van der Waals surface area contributed by atoms with Gasteiger partial charge in [-0.25, -0.2) is 9.78 Å². The Morgan fingerprint density at radius 1 is 1.26 bits per heavy atom. The minimum atomic E-state index is -4.55. The molecule has 1 unspecified atom stereocenters. The van der Waals surface area contributed by atoms with Gasteiger partial charge in [0.2, 0.25) is 5.43 Å². The van der Waals surface area contributed by atoms with E-state index in [1.807, 2.05) is 4.90 Å². The van der Waals surface area contributed by atoms with Crippen LogP contribution in [0.3, 0.4) is 0 Å². The molecule has 3 amide bonds. The molecule has 1 atom stereocenters. The van der Waals surface area contributed by atoms with Gasteiger partial charge >= 0.3 is 12.2 Å². The number of anilines is 3. The summed E-state index contributed by atoms with van der Waals surface area (Å²) in [6.45, 7) is -0.273. The molecule has 2 aromatic rings.